The number of nitrogens with zero attached hydrogens (tertiary/aromatic N) is 1. The standard InChI is InChI=1S/C15H16N2O5/c1-19-11-5-3-10(4-6-11)14(16)17-22-9-13-12(7-8-21-13)15(18)20-2/h3-8H,9H2,1-2H3,(H2,16,17). The second-order valence-electron chi connectivity index (χ2n) is 4.23. The minimum Gasteiger partial charge on any atom is -0.497 e. The Labute approximate surface area is 127 Å². The Kier molecular flexibility index (Phi) is 5.02. The molecule has 0 aliphatic heterocycles. The Hall–Kier alpha value is -2.96. The van der Waals surface area contributed by atoms with E-state index in [9.17, 15) is 4.79 Å². The number of benzene rings is 1. The Morgan fingerprint density at radius 3 is 2.59 bits per heavy atom. The Bertz CT molecular complexity index is 661. The molecule has 0 saturated carbocycles. The van der Waals surface area contributed by atoms with E-state index in [2.05, 4.69) is 9.89 Å². The van der Waals surface area contributed by atoms with Gasteiger partial charge in [-0.3, -0.25) is 0 Å². The molecule has 0 fully saturated rings. The summed E-state index contributed by atoms with van der Waals surface area (Å²) in [4.78, 5) is 16.6. The minimum absolute atomic E-state index is 0.0334. The van der Waals surface area contributed by atoms with Crippen molar-refractivity contribution >= 4 is 11.8 Å². The van der Waals surface area contributed by atoms with Crippen LogP contribution in [0, 0.1) is 0 Å². The van der Waals surface area contributed by atoms with Crippen LogP contribution in [-0.2, 0) is 16.2 Å². The van der Waals surface area contributed by atoms with Crippen LogP contribution >= 0.6 is 0 Å². The summed E-state index contributed by atoms with van der Waals surface area (Å²) in [7, 11) is 2.87. The second-order valence-corrected chi connectivity index (χ2v) is 4.23. The lowest BCUT2D eigenvalue weighted by molar-refractivity contribution is 0.0587. The predicted molar refractivity (Wildman–Crippen MR) is 78.6 cm³/mol. The number of oxime groups is 1. The summed E-state index contributed by atoms with van der Waals surface area (Å²) >= 11 is 0. The fourth-order valence-corrected chi connectivity index (χ4v) is 1.72. The molecule has 0 amide bonds. The van der Waals surface area contributed by atoms with Crippen molar-refractivity contribution < 1.29 is 23.5 Å². The second kappa shape index (κ2) is 7.16. The van der Waals surface area contributed by atoms with Crippen molar-refractivity contribution in [2.24, 2.45) is 10.9 Å². The van der Waals surface area contributed by atoms with E-state index >= 15 is 0 Å². The molecule has 7 nitrogen and oxygen atoms in total. The third-order valence-corrected chi connectivity index (χ3v) is 2.90. The topological polar surface area (TPSA) is 96.3 Å². The molecule has 2 aromatic rings. The molecular weight excluding hydrogens is 288 g/mol. The van der Waals surface area contributed by atoms with Gasteiger partial charge in [0.1, 0.15) is 11.3 Å². The van der Waals surface area contributed by atoms with Crippen LogP contribution in [0.4, 0.5) is 0 Å². The number of carbonyl (C=O) groups excluding carboxylic acids is 1. The average Bonchev–Trinajstić information content (AvgIpc) is 3.02. The maximum absolute atomic E-state index is 11.5. The van der Waals surface area contributed by atoms with Crippen LogP contribution in [0.15, 0.2) is 46.2 Å². The van der Waals surface area contributed by atoms with Crippen LogP contribution in [-0.4, -0.2) is 26.0 Å². The number of rotatable bonds is 6. The highest BCUT2D eigenvalue weighted by molar-refractivity contribution is 5.97. The minimum atomic E-state index is -0.501. The molecule has 1 aromatic carbocycles. The average molecular weight is 304 g/mol. The monoisotopic (exact) mass is 304 g/mol. The zero-order valence-corrected chi connectivity index (χ0v) is 12.2. The summed E-state index contributed by atoms with van der Waals surface area (Å²) < 4.78 is 14.8. The van der Waals surface area contributed by atoms with E-state index in [1.54, 1.807) is 31.4 Å². The zero-order chi connectivity index (χ0) is 15.9. The summed E-state index contributed by atoms with van der Waals surface area (Å²) in [6.45, 7) is -0.0334. The van der Waals surface area contributed by atoms with Crippen LogP contribution in [0.1, 0.15) is 21.7 Å². The fraction of sp³-hybridized carbons (Fsp3) is 0.200. The number of amidine groups is 1. The Morgan fingerprint density at radius 1 is 1.23 bits per heavy atom. The summed E-state index contributed by atoms with van der Waals surface area (Å²) in [5, 5.41) is 3.79. The van der Waals surface area contributed by atoms with E-state index in [0.717, 1.165) is 5.75 Å². The molecule has 0 radical (unpaired) electrons. The van der Waals surface area contributed by atoms with Gasteiger partial charge in [0, 0.05) is 5.56 Å². The highest BCUT2D eigenvalue weighted by Crippen LogP contribution is 2.14. The molecule has 1 heterocycles. The van der Waals surface area contributed by atoms with Crippen molar-refractivity contribution in [3.8, 4) is 5.75 Å². The largest absolute Gasteiger partial charge is 0.497 e. The zero-order valence-electron chi connectivity index (χ0n) is 12.2. The molecule has 0 aliphatic carbocycles. The summed E-state index contributed by atoms with van der Waals surface area (Å²) in [5.74, 6) is 0.738. The number of nitrogens with two attached hydrogens (primary N) is 1. The van der Waals surface area contributed by atoms with Gasteiger partial charge in [-0.05, 0) is 30.3 Å². The van der Waals surface area contributed by atoms with Gasteiger partial charge < -0.3 is 24.5 Å². The summed E-state index contributed by atoms with van der Waals surface area (Å²) in [6, 6.07) is 8.54. The molecule has 0 aliphatic rings. The van der Waals surface area contributed by atoms with Crippen molar-refractivity contribution in [1.82, 2.24) is 0 Å². The molecule has 0 unspecified atom stereocenters. The number of furan rings is 1. The fourth-order valence-electron chi connectivity index (χ4n) is 1.72. The lowest BCUT2D eigenvalue weighted by Gasteiger charge is -2.04. The molecule has 2 N–H and O–H groups in total. The van der Waals surface area contributed by atoms with Gasteiger partial charge in [0.25, 0.3) is 0 Å². The smallest absolute Gasteiger partial charge is 0.341 e. The summed E-state index contributed by atoms with van der Waals surface area (Å²) in [5.41, 5.74) is 6.79. The van der Waals surface area contributed by atoms with E-state index in [4.69, 9.17) is 19.7 Å². The first kappa shape index (κ1) is 15.4. The molecule has 0 saturated heterocycles. The van der Waals surface area contributed by atoms with Crippen LogP contribution in [0.25, 0.3) is 0 Å². The van der Waals surface area contributed by atoms with Crippen molar-refractivity contribution in [2.75, 3.05) is 14.2 Å². The summed E-state index contributed by atoms with van der Waals surface area (Å²) in [6.07, 6.45) is 1.38. The van der Waals surface area contributed by atoms with Crippen LogP contribution in [0.2, 0.25) is 0 Å². The molecule has 0 atom stereocenters. The third-order valence-electron chi connectivity index (χ3n) is 2.90. The van der Waals surface area contributed by atoms with Gasteiger partial charge in [-0.15, -0.1) is 0 Å². The van der Waals surface area contributed by atoms with E-state index in [0.29, 0.717) is 16.9 Å². The molecule has 0 spiro atoms. The van der Waals surface area contributed by atoms with E-state index in [-0.39, 0.29) is 12.4 Å². The van der Waals surface area contributed by atoms with Crippen LogP contribution < -0.4 is 10.5 Å². The number of methoxy groups -OCH3 is 2. The van der Waals surface area contributed by atoms with E-state index in [1.807, 2.05) is 0 Å². The maximum Gasteiger partial charge on any atom is 0.341 e. The molecular formula is C15H16N2O5. The number of esters is 1. The van der Waals surface area contributed by atoms with E-state index < -0.39 is 5.97 Å². The van der Waals surface area contributed by atoms with Gasteiger partial charge in [-0.2, -0.15) is 0 Å². The highest BCUT2D eigenvalue weighted by atomic mass is 16.6. The van der Waals surface area contributed by atoms with Gasteiger partial charge in [-0.25, -0.2) is 4.79 Å². The van der Waals surface area contributed by atoms with Crippen molar-refractivity contribution in [1.29, 1.82) is 0 Å². The van der Waals surface area contributed by atoms with Crippen LogP contribution in [0.5, 0.6) is 5.75 Å². The first-order valence-electron chi connectivity index (χ1n) is 6.40. The normalized spacial score (nSPS) is 11.1. The first-order chi connectivity index (χ1) is 10.7. The molecule has 1 aromatic heterocycles. The van der Waals surface area contributed by atoms with Crippen molar-refractivity contribution in [3.05, 3.63) is 53.5 Å². The predicted octanol–water partition coefficient (Wildman–Crippen LogP) is 1.91. The molecule has 116 valence electrons. The number of hydrogen-bond donors (Lipinski definition) is 1. The molecule has 7 heteroatoms. The lowest BCUT2D eigenvalue weighted by Crippen LogP contribution is -2.14. The van der Waals surface area contributed by atoms with Gasteiger partial charge in [0.15, 0.2) is 18.2 Å². The molecule has 22 heavy (non-hydrogen) atoms. The lowest BCUT2D eigenvalue weighted by atomic mass is 10.2. The van der Waals surface area contributed by atoms with Gasteiger partial charge >= 0.3 is 5.97 Å². The SMILES string of the molecule is COC(=O)c1ccoc1CON=C(N)c1ccc(OC)cc1. The number of ether oxygens (including phenoxy) is 2. The van der Waals surface area contributed by atoms with E-state index in [1.165, 1.54) is 19.4 Å². The van der Waals surface area contributed by atoms with Gasteiger partial charge in [0.2, 0.25) is 0 Å². The highest BCUT2D eigenvalue weighted by Gasteiger charge is 2.15. The number of carbonyl (C=O) groups is 1. The first-order valence-corrected chi connectivity index (χ1v) is 6.40. The van der Waals surface area contributed by atoms with Crippen molar-refractivity contribution in [3.63, 3.8) is 0 Å². The van der Waals surface area contributed by atoms with Gasteiger partial charge in [0.05, 0.1) is 20.5 Å². The Balaban J connectivity index is 1.99. The molecule has 2 rings (SSSR count). The van der Waals surface area contributed by atoms with Crippen molar-refractivity contribution in [2.45, 2.75) is 6.61 Å². The van der Waals surface area contributed by atoms with Gasteiger partial charge in [-0.1, -0.05) is 5.16 Å². The number of hydrogen-bond acceptors (Lipinski definition) is 6. The maximum atomic E-state index is 11.5. The van der Waals surface area contributed by atoms with Crippen LogP contribution in [0.3, 0.4) is 0 Å². The quantitative estimate of drug-likeness (QED) is 0.379. The Morgan fingerprint density at radius 2 is 1.95 bits per heavy atom. The third kappa shape index (κ3) is 3.57. The molecule has 0 bridgehead atoms.